The molecule has 1 heterocycles. The van der Waals surface area contributed by atoms with Crippen molar-refractivity contribution in [2.24, 2.45) is 0 Å². The molecule has 0 radical (unpaired) electrons. The maximum atomic E-state index is 12.8. The minimum absolute atomic E-state index is 0.166. The molecule has 24 heavy (non-hydrogen) atoms. The zero-order valence-corrected chi connectivity index (χ0v) is 13.9. The molecule has 0 aromatic heterocycles. The molecule has 0 spiro atoms. The molecule has 2 aromatic carbocycles. The van der Waals surface area contributed by atoms with Gasteiger partial charge in [0.1, 0.15) is 17.9 Å². The Labute approximate surface area is 145 Å². The molecule has 0 bridgehead atoms. The summed E-state index contributed by atoms with van der Waals surface area (Å²) in [5.41, 5.74) is -0.584. The standard InChI is InChI=1S/C18H17ClN2O3/c1-18(14-9-5-6-10-15(14)19)16(22)21(17(23)20-18)11-12-24-13-7-3-2-4-8-13/h2-10H,11-12H2,1H3,(H,20,23)/t18-/m0/s1. The first kappa shape index (κ1) is 16.3. The third-order valence-corrected chi connectivity index (χ3v) is 4.34. The summed E-state index contributed by atoms with van der Waals surface area (Å²) in [6, 6.07) is 15.8. The van der Waals surface area contributed by atoms with Crippen LogP contribution in [0.3, 0.4) is 0 Å². The first-order valence-corrected chi connectivity index (χ1v) is 7.97. The topological polar surface area (TPSA) is 58.6 Å². The van der Waals surface area contributed by atoms with Crippen molar-refractivity contribution in [2.45, 2.75) is 12.5 Å². The number of amides is 3. The smallest absolute Gasteiger partial charge is 0.325 e. The van der Waals surface area contributed by atoms with Gasteiger partial charge < -0.3 is 10.1 Å². The fraction of sp³-hybridized carbons (Fsp3) is 0.222. The molecular weight excluding hydrogens is 328 g/mol. The highest BCUT2D eigenvalue weighted by molar-refractivity contribution is 6.32. The van der Waals surface area contributed by atoms with Crippen molar-refractivity contribution in [3.8, 4) is 5.75 Å². The van der Waals surface area contributed by atoms with Crippen molar-refractivity contribution in [2.75, 3.05) is 13.2 Å². The monoisotopic (exact) mass is 344 g/mol. The van der Waals surface area contributed by atoms with Gasteiger partial charge in [-0.05, 0) is 25.1 Å². The molecule has 1 saturated heterocycles. The lowest BCUT2D eigenvalue weighted by molar-refractivity contribution is -0.131. The van der Waals surface area contributed by atoms with Gasteiger partial charge in [0.05, 0.1) is 6.54 Å². The Hall–Kier alpha value is -2.53. The average molecular weight is 345 g/mol. The van der Waals surface area contributed by atoms with E-state index in [4.69, 9.17) is 16.3 Å². The van der Waals surface area contributed by atoms with Crippen molar-refractivity contribution < 1.29 is 14.3 Å². The van der Waals surface area contributed by atoms with Crippen LogP contribution in [0.1, 0.15) is 12.5 Å². The molecule has 3 rings (SSSR count). The van der Waals surface area contributed by atoms with E-state index >= 15 is 0 Å². The van der Waals surface area contributed by atoms with E-state index in [1.54, 1.807) is 31.2 Å². The molecule has 0 unspecified atom stereocenters. The van der Waals surface area contributed by atoms with Crippen LogP contribution in [0.25, 0.3) is 0 Å². The Morgan fingerprint density at radius 2 is 1.75 bits per heavy atom. The number of nitrogens with one attached hydrogen (secondary N) is 1. The van der Waals surface area contributed by atoms with Crippen molar-refractivity contribution in [3.63, 3.8) is 0 Å². The quantitative estimate of drug-likeness (QED) is 0.847. The van der Waals surface area contributed by atoms with Gasteiger partial charge in [-0.1, -0.05) is 48.0 Å². The summed E-state index contributed by atoms with van der Waals surface area (Å²) in [6.07, 6.45) is 0. The van der Waals surface area contributed by atoms with Gasteiger partial charge >= 0.3 is 6.03 Å². The predicted molar refractivity (Wildman–Crippen MR) is 91.0 cm³/mol. The van der Waals surface area contributed by atoms with Crippen molar-refractivity contribution in [1.82, 2.24) is 10.2 Å². The van der Waals surface area contributed by atoms with E-state index in [1.165, 1.54) is 0 Å². The number of ether oxygens (including phenoxy) is 1. The van der Waals surface area contributed by atoms with Crippen LogP contribution in [-0.2, 0) is 10.3 Å². The zero-order valence-electron chi connectivity index (χ0n) is 13.2. The highest BCUT2D eigenvalue weighted by Gasteiger charge is 2.49. The summed E-state index contributed by atoms with van der Waals surface area (Å²) in [5, 5.41) is 3.17. The second-order valence-corrected chi connectivity index (χ2v) is 6.06. The van der Waals surface area contributed by atoms with Crippen LogP contribution < -0.4 is 10.1 Å². The molecule has 3 amide bonds. The van der Waals surface area contributed by atoms with Crippen LogP contribution in [0.4, 0.5) is 4.79 Å². The first-order chi connectivity index (χ1) is 11.5. The van der Waals surface area contributed by atoms with Crippen LogP contribution in [0, 0.1) is 0 Å². The third kappa shape index (κ3) is 2.95. The summed E-state index contributed by atoms with van der Waals surface area (Å²) in [7, 11) is 0. The molecule has 124 valence electrons. The number of halogens is 1. The second kappa shape index (κ2) is 6.53. The molecule has 0 saturated carbocycles. The number of hydrogen-bond donors (Lipinski definition) is 1. The number of urea groups is 1. The minimum Gasteiger partial charge on any atom is -0.492 e. The van der Waals surface area contributed by atoms with Gasteiger partial charge in [-0.25, -0.2) is 4.79 Å². The van der Waals surface area contributed by atoms with Gasteiger partial charge in [-0.15, -0.1) is 0 Å². The molecule has 0 aliphatic carbocycles. The van der Waals surface area contributed by atoms with E-state index in [2.05, 4.69) is 5.32 Å². The Balaban J connectivity index is 1.71. The number of carbonyl (C=O) groups is 2. The maximum Gasteiger partial charge on any atom is 0.325 e. The van der Waals surface area contributed by atoms with Gasteiger partial charge in [0, 0.05) is 10.6 Å². The van der Waals surface area contributed by atoms with Gasteiger partial charge in [0.15, 0.2) is 0 Å². The van der Waals surface area contributed by atoms with Crippen molar-refractivity contribution in [3.05, 3.63) is 65.2 Å². The van der Waals surface area contributed by atoms with Crippen molar-refractivity contribution in [1.29, 1.82) is 0 Å². The molecule has 1 atom stereocenters. The Morgan fingerprint density at radius 1 is 1.08 bits per heavy atom. The fourth-order valence-electron chi connectivity index (χ4n) is 2.72. The lowest BCUT2D eigenvalue weighted by atomic mass is 9.92. The fourth-order valence-corrected chi connectivity index (χ4v) is 3.05. The molecule has 6 heteroatoms. The normalized spacial score (nSPS) is 20.2. The molecule has 1 fully saturated rings. The Morgan fingerprint density at radius 3 is 2.46 bits per heavy atom. The number of para-hydroxylation sites is 1. The van der Waals surface area contributed by atoms with Gasteiger partial charge in [0.2, 0.25) is 0 Å². The summed E-state index contributed by atoms with van der Waals surface area (Å²) in [6.45, 7) is 2.05. The zero-order chi connectivity index (χ0) is 17.2. The summed E-state index contributed by atoms with van der Waals surface area (Å²) >= 11 is 6.19. The van der Waals surface area contributed by atoms with Gasteiger partial charge in [-0.3, -0.25) is 9.69 Å². The van der Waals surface area contributed by atoms with E-state index in [0.29, 0.717) is 16.3 Å². The number of carbonyl (C=O) groups excluding carboxylic acids is 2. The van der Waals surface area contributed by atoms with E-state index in [9.17, 15) is 9.59 Å². The van der Waals surface area contributed by atoms with E-state index in [1.807, 2.05) is 30.3 Å². The summed E-state index contributed by atoms with van der Waals surface area (Å²) in [4.78, 5) is 26.1. The molecule has 1 aliphatic rings. The summed E-state index contributed by atoms with van der Waals surface area (Å²) < 4.78 is 5.56. The van der Waals surface area contributed by atoms with E-state index in [0.717, 1.165) is 4.90 Å². The molecular formula is C18H17ClN2O3. The van der Waals surface area contributed by atoms with Crippen LogP contribution in [-0.4, -0.2) is 30.0 Å². The third-order valence-electron chi connectivity index (χ3n) is 4.01. The van der Waals surface area contributed by atoms with Crippen molar-refractivity contribution >= 4 is 23.5 Å². The maximum absolute atomic E-state index is 12.8. The van der Waals surface area contributed by atoms with Crippen LogP contribution in [0.5, 0.6) is 5.75 Å². The van der Waals surface area contributed by atoms with Gasteiger partial charge in [0.25, 0.3) is 5.91 Å². The predicted octanol–water partition coefficient (Wildman–Crippen LogP) is 3.19. The SMILES string of the molecule is C[C@@]1(c2ccccc2Cl)NC(=O)N(CCOc2ccccc2)C1=O. The van der Waals surface area contributed by atoms with E-state index in [-0.39, 0.29) is 19.1 Å². The average Bonchev–Trinajstić information content (AvgIpc) is 2.80. The molecule has 2 aromatic rings. The second-order valence-electron chi connectivity index (χ2n) is 5.65. The first-order valence-electron chi connectivity index (χ1n) is 7.59. The summed E-state index contributed by atoms with van der Waals surface area (Å²) in [5.74, 6) is 0.357. The number of rotatable bonds is 5. The molecule has 1 N–H and O–H groups in total. The lowest BCUT2D eigenvalue weighted by Crippen LogP contribution is -2.41. The highest BCUT2D eigenvalue weighted by Crippen LogP contribution is 2.33. The number of hydrogen-bond acceptors (Lipinski definition) is 3. The Kier molecular flexibility index (Phi) is 4.44. The van der Waals surface area contributed by atoms with E-state index < -0.39 is 11.6 Å². The molecule has 1 aliphatic heterocycles. The largest absolute Gasteiger partial charge is 0.492 e. The van der Waals surface area contributed by atoms with Crippen LogP contribution >= 0.6 is 11.6 Å². The Bertz CT molecular complexity index is 766. The number of benzene rings is 2. The minimum atomic E-state index is -1.16. The lowest BCUT2D eigenvalue weighted by Gasteiger charge is -2.23. The number of nitrogens with zero attached hydrogens (tertiary/aromatic N) is 1. The van der Waals surface area contributed by atoms with Gasteiger partial charge in [-0.2, -0.15) is 0 Å². The van der Waals surface area contributed by atoms with Crippen LogP contribution in [0.2, 0.25) is 5.02 Å². The molecule has 5 nitrogen and oxygen atoms in total. The number of imide groups is 1. The highest BCUT2D eigenvalue weighted by atomic mass is 35.5. The van der Waals surface area contributed by atoms with Crippen LogP contribution in [0.15, 0.2) is 54.6 Å².